The Morgan fingerprint density at radius 3 is 1.93 bits per heavy atom. The van der Waals surface area contributed by atoms with Crippen LogP contribution in [0.15, 0.2) is 0 Å². The summed E-state index contributed by atoms with van der Waals surface area (Å²) in [7, 11) is 0. The molecule has 0 spiro atoms. The summed E-state index contributed by atoms with van der Waals surface area (Å²) in [5.41, 5.74) is 4.88. The average molecular weight is 245 g/mol. The molecule has 0 rings (SSSR count). The van der Waals surface area contributed by atoms with E-state index < -0.39 is 28.2 Å². The molecule has 0 bridgehead atoms. The minimum atomic E-state index is -4.69. The number of hydrogen-bond acceptors (Lipinski definition) is 3. The monoisotopic (exact) mass is 245 g/mol. The summed E-state index contributed by atoms with van der Waals surface area (Å²) < 4.78 is 36.1. The zero-order chi connectivity index (χ0) is 12.4. The SMILES string of the molecule is CC(C)(C)S[C@@H](C(=O)O)[C@H](N)C(F)(F)F. The number of rotatable bonds is 3. The first-order valence-electron chi connectivity index (χ1n) is 4.18. The Bertz CT molecular complexity index is 237. The zero-order valence-corrected chi connectivity index (χ0v) is 9.45. The maximum absolute atomic E-state index is 12.2. The van der Waals surface area contributed by atoms with Crippen LogP contribution in [0, 0.1) is 0 Å². The first kappa shape index (κ1) is 14.6. The van der Waals surface area contributed by atoms with Crippen molar-refractivity contribution in [1.29, 1.82) is 0 Å². The number of nitrogens with two attached hydrogens (primary N) is 1. The highest BCUT2D eigenvalue weighted by Gasteiger charge is 2.46. The highest BCUT2D eigenvalue weighted by atomic mass is 32.2. The molecule has 3 nitrogen and oxygen atoms in total. The lowest BCUT2D eigenvalue weighted by atomic mass is 10.2. The minimum Gasteiger partial charge on any atom is -0.480 e. The Kier molecular flexibility index (Phi) is 4.48. The summed E-state index contributed by atoms with van der Waals surface area (Å²) in [5.74, 6) is -1.54. The van der Waals surface area contributed by atoms with Gasteiger partial charge in [0.25, 0.3) is 0 Å². The van der Waals surface area contributed by atoms with Crippen molar-refractivity contribution in [2.24, 2.45) is 5.73 Å². The average Bonchev–Trinajstić information content (AvgIpc) is 1.94. The molecule has 0 amide bonds. The van der Waals surface area contributed by atoms with Gasteiger partial charge in [-0.1, -0.05) is 20.8 Å². The number of thioether (sulfide) groups is 1. The molecule has 0 heterocycles. The van der Waals surface area contributed by atoms with Crippen molar-refractivity contribution in [3.63, 3.8) is 0 Å². The van der Waals surface area contributed by atoms with Crippen LogP contribution in [-0.2, 0) is 4.79 Å². The normalized spacial score (nSPS) is 17.3. The number of carboxylic acid groups (broad SMARTS) is 1. The van der Waals surface area contributed by atoms with Gasteiger partial charge in [-0.3, -0.25) is 4.79 Å². The molecule has 0 aliphatic heterocycles. The molecule has 0 aliphatic rings. The lowest BCUT2D eigenvalue weighted by Gasteiger charge is -2.28. The maximum Gasteiger partial charge on any atom is 0.405 e. The van der Waals surface area contributed by atoms with Gasteiger partial charge in [0.1, 0.15) is 11.3 Å². The number of aliphatic carboxylic acids is 1. The van der Waals surface area contributed by atoms with Gasteiger partial charge < -0.3 is 10.8 Å². The number of hydrogen-bond donors (Lipinski definition) is 2. The van der Waals surface area contributed by atoms with E-state index in [0.29, 0.717) is 11.8 Å². The number of halogens is 3. The quantitative estimate of drug-likeness (QED) is 0.796. The number of carbonyl (C=O) groups is 1. The molecule has 0 unspecified atom stereocenters. The van der Waals surface area contributed by atoms with Crippen molar-refractivity contribution in [3.8, 4) is 0 Å². The van der Waals surface area contributed by atoms with Gasteiger partial charge >= 0.3 is 12.1 Å². The van der Waals surface area contributed by atoms with Crippen molar-refractivity contribution < 1.29 is 23.1 Å². The van der Waals surface area contributed by atoms with Gasteiger partial charge in [-0.25, -0.2) is 0 Å². The number of alkyl halides is 3. The lowest BCUT2D eigenvalue weighted by molar-refractivity contribution is -0.159. The molecule has 0 aromatic carbocycles. The third-order valence-electron chi connectivity index (χ3n) is 1.43. The van der Waals surface area contributed by atoms with Crippen LogP contribution in [0.5, 0.6) is 0 Å². The Hall–Kier alpha value is -0.430. The molecule has 0 saturated carbocycles. The van der Waals surface area contributed by atoms with Crippen molar-refractivity contribution in [3.05, 3.63) is 0 Å². The van der Waals surface area contributed by atoms with E-state index in [-0.39, 0.29) is 0 Å². The smallest absolute Gasteiger partial charge is 0.405 e. The van der Waals surface area contributed by atoms with Gasteiger partial charge in [0.05, 0.1) is 0 Å². The fraction of sp³-hybridized carbons (Fsp3) is 0.875. The molecule has 0 aliphatic carbocycles. The summed E-state index contributed by atoms with van der Waals surface area (Å²) in [4.78, 5) is 10.7. The zero-order valence-electron chi connectivity index (χ0n) is 8.63. The summed E-state index contributed by atoms with van der Waals surface area (Å²) >= 11 is 0.700. The summed E-state index contributed by atoms with van der Waals surface area (Å²) in [5, 5.41) is 6.99. The van der Waals surface area contributed by atoms with E-state index in [1.165, 1.54) is 0 Å². The Labute approximate surface area is 90.2 Å². The third kappa shape index (κ3) is 5.27. The summed E-state index contributed by atoms with van der Waals surface area (Å²) in [6, 6.07) is -2.35. The largest absolute Gasteiger partial charge is 0.480 e. The molecule has 90 valence electrons. The van der Waals surface area contributed by atoms with Crippen LogP contribution >= 0.6 is 11.8 Å². The van der Waals surface area contributed by atoms with E-state index in [9.17, 15) is 18.0 Å². The predicted molar refractivity (Wildman–Crippen MR) is 52.8 cm³/mol. The fourth-order valence-corrected chi connectivity index (χ4v) is 1.99. The van der Waals surface area contributed by atoms with E-state index in [4.69, 9.17) is 10.8 Å². The Balaban J connectivity index is 4.76. The van der Waals surface area contributed by atoms with Gasteiger partial charge in [-0.15, -0.1) is 11.8 Å². The van der Waals surface area contributed by atoms with Crippen LogP contribution in [0.3, 0.4) is 0 Å². The lowest BCUT2D eigenvalue weighted by Crippen LogP contribution is -2.50. The van der Waals surface area contributed by atoms with Crippen LogP contribution < -0.4 is 5.73 Å². The first-order valence-corrected chi connectivity index (χ1v) is 5.06. The second-order valence-electron chi connectivity index (χ2n) is 4.06. The van der Waals surface area contributed by atoms with E-state index in [0.717, 1.165) is 0 Å². The van der Waals surface area contributed by atoms with Crippen LogP contribution in [0.2, 0.25) is 0 Å². The molecule has 0 fully saturated rings. The molecule has 7 heteroatoms. The predicted octanol–water partition coefficient (Wildman–Crippen LogP) is 1.86. The molecule has 0 radical (unpaired) electrons. The standard InChI is InChI=1S/C8H14F3NO2S/c1-7(2,3)15-4(6(13)14)5(12)8(9,10)11/h4-5H,12H2,1-3H3,(H,13,14)/t4-,5+/m1/s1. The van der Waals surface area contributed by atoms with Gasteiger partial charge in [0, 0.05) is 4.75 Å². The third-order valence-corrected chi connectivity index (χ3v) is 2.88. The van der Waals surface area contributed by atoms with Gasteiger partial charge in [-0.05, 0) is 0 Å². The van der Waals surface area contributed by atoms with E-state index in [1.807, 2.05) is 0 Å². The molecule has 3 N–H and O–H groups in total. The van der Waals surface area contributed by atoms with Crippen LogP contribution in [0.4, 0.5) is 13.2 Å². The molecule has 0 aromatic heterocycles. The van der Waals surface area contributed by atoms with Crippen LogP contribution in [-0.4, -0.2) is 33.3 Å². The topological polar surface area (TPSA) is 63.3 Å². The highest BCUT2D eigenvalue weighted by Crippen LogP contribution is 2.34. The fourth-order valence-electron chi connectivity index (χ4n) is 0.830. The van der Waals surface area contributed by atoms with Crippen molar-refractivity contribution in [2.75, 3.05) is 0 Å². The second-order valence-corrected chi connectivity index (χ2v) is 6.02. The van der Waals surface area contributed by atoms with Crippen LogP contribution in [0.1, 0.15) is 20.8 Å². The summed E-state index contributed by atoms with van der Waals surface area (Å²) in [6.07, 6.45) is -4.69. The van der Waals surface area contributed by atoms with E-state index in [1.54, 1.807) is 20.8 Å². The van der Waals surface area contributed by atoms with Gasteiger partial charge in [-0.2, -0.15) is 13.2 Å². The highest BCUT2D eigenvalue weighted by molar-refractivity contribution is 8.01. The van der Waals surface area contributed by atoms with E-state index >= 15 is 0 Å². The van der Waals surface area contributed by atoms with Crippen molar-refractivity contribution >= 4 is 17.7 Å². The Morgan fingerprint density at radius 1 is 1.33 bits per heavy atom. The maximum atomic E-state index is 12.2. The van der Waals surface area contributed by atoms with Gasteiger partial charge in [0.2, 0.25) is 0 Å². The molecular weight excluding hydrogens is 231 g/mol. The Morgan fingerprint density at radius 2 is 1.73 bits per heavy atom. The van der Waals surface area contributed by atoms with E-state index in [2.05, 4.69) is 0 Å². The second kappa shape index (κ2) is 4.61. The first-order chi connectivity index (χ1) is 6.45. The molecule has 0 aromatic rings. The summed E-state index contributed by atoms with van der Waals surface area (Å²) in [6.45, 7) is 4.91. The van der Waals surface area contributed by atoms with Crippen LogP contribution in [0.25, 0.3) is 0 Å². The molecule has 15 heavy (non-hydrogen) atoms. The molecule has 0 saturated heterocycles. The minimum absolute atomic E-state index is 0.591. The van der Waals surface area contributed by atoms with Crippen molar-refractivity contribution in [1.82, 2.24) is 0 Å². The molecule has 2 atom stereocenters. The molecular formula is C8H14F3NO2S. The number of carboxylic acids is 1. The van der Waals surface area contributed by atoms with Gasteiger partial charge in [0.15, 0.2) is 0 Å². The van der Waals surface area contributed by atoms with Crippen molar-refractivity contribution in [2.45, 2.75) is 43.0 Å².